The summed E-state index contributed by atoms with van der Waals surface area (Å²) in [5.41, 5.74) is 0.0157. The van der Waals surface area contributed by atoms with E-state index in [1.165, 1.54) is 6.07 Å². The fraction of sp³-hybridized carbons (Fsp3) is 0.289. The van der Waals surface area contributed by atoms with Crippen molar-refractivity contribution in [1.82, 2.24) is 39.9 Å². The molecule has 0 fully saturated rings. The first-order valence-electron chi connectivity index (χ1n) is 19.4. The van der Waals surface area contributed by atoms with Gasteiger partial charge in [0, 0.05) is 38.2 Å². The molecule has 0 aliphatic carbocycles. The van der Waals surface area contributed by atoms with E-state index >= 15 is 0 Å². The summed E-state index contributed by atoms with van der Waals surface area (Å²) in [7, 11) is -6.08. The molecule has 60 heavy (non-hydrogen) atoms. The van der Waals surface area contributed by atoms with Gasteiger partial charge in [0.25, 0.3) is 0 Å². The van der Waals surface area contributed by atoms with Gasteiger partial charge in [0.2, 0.25) is 0 Å². The second kappa shape index (κ2) is 12.9. The standard InChI is InChI=1S/C45H41F3N8O3S/c1-42(2,3)22-13-16-25-29(19-22)38-49-34(25)51-39-31-21-24(44(7,8)9)15-18-27(31)36(53-39)55-41-33-28(11-10-12-32(33)59-60(57,58)45(46,47)48)37(56-41)54-40-30-20-23(43(4,5)6)14-17-26(30)35(50-38)52-40/h10-21H,1-9H3,(H2,49,50,51,52,53,54,55,56). The Morgan fingerprint density at radius 3 is 1.43 bits per heavy atom. The van der Waals surface area contributed by atoms with Crippen LogP contribution in [0.15, 0.2) is 72.8 Å². The highest BCUT2D eigenvalue weighted by Crippen LogP contribution is 2.44. The van der Waals surface area contributed by atoms with Gasteiger partial charge in [0.15, 0.2) is 29.0 Å². The van der Waals surface area contributed by atoms with Crippen molar-refractivity contribution < 1.29 is 25.8 Å². The van der Waals surface area contributed by atoms with Gasteiger partial charge in [-0.25, -0.2) is 29.9 Å². The van der Waals surface area contributed by atoms with Gasteiger partial charge in [-0.1, -0.05) is 111 Å². The molecule has 0 saturated carbocycles. The molecule has 5 heterocycles. The van der Waals surface area contributed by atoms with Crippen LogP contribution in [0.2, 0.25) is 0 Å². The molecular formula is C45H41F3N8O3S. The minimum atomic E-state index is -6.08. The van der Waals surface area contributed by atoms with Crippen LogP contribution >= 0.6 is 0 Å². The summed E-state index contributed by atoms with van der Waals surface area (Å²) in [5, 5.41) is 2.78. The van der Waals surface area contributed by atoms with E-state index in [1.807, 2.05) is 42.5 Å². The van der Waals surface area contributed by atoms with Crippen LogP contribution in [-0.2, 0) is 26.4 Å². The summed E-state index contributed by atoms with van der Waals surface area (Å²) in [4.78, 5) is 36.7. The molecule has 0 unspecified atom stereocenters. The van der Waals surface area contributed by atoms with Crippen LogP contribution in [0.4, 0.5) is 13.2 Å². The van der Waals surface area contributed by atoms with Crippen LogP contribution < -0.4 is 4.18 Å². The van der Waals surface area contributed by atoms with Gasteiger partial charge in [-0.15, -0.1) is 0 Å². The molecule has 4 aromatic carbocycles. The summed E-state index contributed by atoms with van der Waals surface area (Å²) in [6.07, 6.45) is 0. The van der Waals surface area contributed by atoms with E-state index in [0.717, 1.165) is 39.3 Å². The lowest BCUT2D eigenvalue weighted by atomic mass is 9.85. The third-order valence-corrected chi connectivity index (χ3v) is 11.9. The number of rotatable bonds is 2. The molecule has 2 aliphatic heterocycles. The molecule has 7 aromatic rings. The Hall–Kier alpha value is -6.22. The number of halogens is 3. The topological polar surface area (TPSA) is 152 Å². The monoisotopic (exact) mass is 830 g/mol. The van der Waals surface area contributed by atoms with Crippen molar-refractivity contribution in [2.24, 2.45) is 0 Å². The molecular weight excluding hydrogens is 790 g/mol. The van der Waals surface area contributed by atoms with E-state index in [4.69, 9.17) is 34.1 Å². The van der Waals surface area contributed by atoms with Crippen LogP contribution in [0.5, 0.6) is 5.75 Å². The lowest BCUT2D eigenvalue weighted by Gasteiger charge is -2.19. The Morgan fingerprint density at radius 2 is 0.917 bits per heavy atom. The lowest BCUT2D eigenvalue weighted by molar-refractivity contribution is -0.0499. The Kier molecular flexibility index (Phi) is 8.43. The van der Waals surface area contributed by atoms with Crippen molar-refractivity contribution in [2.45, 2.75) is 84.1 Å². The zero-order valence-corrected chi connectivity index (χ0v) is 35.2. The number of aromatic nitrogens is 8. The molecule has 0 radical (unpaired) electrons. The van der Waals surface area contributed by atoms with Crippen molar-refractivity contribution in [2.75, 3.05) is 0 Å². The van der Waals surface area contributed by atoms with E-state index in [-0.39, 0.29) is 44.7 Å². The Labute approximate surface area is 343 Å². The largest absolute Gasteiger partial charge is 0.534 e. The molecule has 0 spiro atoms. The number of benzene rings is 4. The first-order valence-corrected chi connectivity index (χ1v) is 20.8. The van der Waals surface area contributed by atoms with Gasteiger partial charge < -0.3 is 14.2 Å². The molecule has 9 rings (SSSR count). The summed E-state index contributed by atoms with van der Waals surface area (Å²) < 4.78 is 70.9. The first kappa shape index (κ1) is 39.3. The Bertz CT molecular complexity index is 3240. The molecule has 8 bridgehead atoms. The molecule has 11 nitrogen and oxygen atoms in total. The summed E-state index contributed by atoms with van der Waals surface area (Å²) in [6.45, 7) is 19.0. The number of aromatic amines is 2. The van der Waals surface area contributed by atoms with Crippen molar-refractivity contribution in [3.8, 4) is 51.3 Å². The molecule has 2 aliphatic rings. The van der Waals surface area contributed by atoms with Crippen molar-refractivity contribution >= 4 is 54.3 Å². The van der Waals surface area contributed by atoms with E-state index in [2.05, 4.69) is 84.4 Å². The molecule has 0 saturated heterocycles. The molecule has 0 amide bonds. The highest BCUT2D eigenvalue weighted by molar-refractivity contribution is 7.88. The predicted molar refractivity (Wildman–Crippen MR) is 228 cm³/mol. The Morgan fingerprint density at radius 1 is 0.483 bits per heavy atom. The molecule has 0 atom stereocenters. The number of nitrogens with one attached hydrogen (secondary N) is 2. The quantitative estimate of drug-likeness (QED) is 0.128. The number of nitrogens with zero attached hydrogens (tertiary/aromatic N) is 6. The van der Waals surface area contributed by atoms with Crippen molar-refractivity contribution in [3.63, 3.8) is 0 Å². The fourth-order valence-electron chi connectivity index (χ4n) is 7.44. The average Bonchev–Trinajstić information content (AvgIpc) is 3.88. The fourth-order valence-corrected chi connectivity index (χ4v) is 7.91. The second-order valence-corrected chi connectivity index (χ2v) is 19.8. The molecule has 15 heteroatoms. The normalized spacial score (nSPS) is 13.5. The predicted octanol–water partition coefficient (Wildman–Crippen LogP) is 11.0. The summed E-state index contributed by atoms with van der Waals surface area (Å²) >= 11 is 0. The van der Waals surface area contributed by atoms with Gasteiger partial charge in [-0.2, -0.15) is 21.6 Å². The Balaban J connectivity index is 1.46. The van der Waals surface area contributed by atoms with Crippen LogP contribution in [0.25, 0.3) is 89.7 Å². The van der Waals surface area contributed by atoms with E-state index < -0.39 is 21.4 Å². The second-order valence-electron chi connectivity index (χ2n) is 18.3. The number of hydrogen-bond donors (Lipinski definition) is 2. The number of alkyl halides is 3. The van der Waals surface area contributed by atoms with Crippen LogP contribution in [0.1, 0.15) is 79.0 Å². The maximum absolute atomic E-state index is 13.7. The SMILES string of the molecule is CC(C)(C)c1ccc2c(c1)-c1nc-2nc2[nH]c(nc3nc(nc4[nH]c(n1)c1ccc(C(C)(C)C)cc41)-c1cccc(OS(=O)(=O)C(F)(F)F)c1-3)c1ccc(C(C)(C)C)cc21. The summed E-state index contributed by atoms with van der Waals surface area (Å²) in [6, 6.07) is 22.2. The number of hydrogen-bond acceptors (Lipinski definition) is 9. The van der Waals surface area contributed by atoms with E-state index in [0.29, 0.717) is 44.7 Å². The zero-order valence-electron chi connectivity index (χ0n) is 34.4. The maximum atomic E-state index is 13.7. The minimum Gasteiger partial charge on any atom is -0.375 e. The van der Waals surface area contributed by atoms with E-state index in [9.17, 15) is 21.6 Å². The zero-order chi connectivity index (χ0) is 42.9. The van der Waals surface area contributed by atoms with Crippen LogP contribution in [0, 0.1) is 0 Å². The number of fused-ring (bicyclic) bond motifs is 20. The van der Waals surface area contributed by atoms with E-state index in [1.54, 1.807) is 6.07 Å². The highest BCUT2D eigenvalue weighted by atomic mass is 32.2. The molecule has 3 aromatic heterocycles. The van der Waals surface area contributed by atoms with Crippen LogP contribution in [0.3, 0.4) is 0 Å². The van der Waals surface area contributed by atoms with Crippen molar-refractivity contribution in [1.29, 1.82) is 0 Å². The lowest BCUT2D eigenvalue weighted by Crippen LogP contribution is -2.28. The first-order chi connectivity index (χ1) is 28.0. The summed E-state index contributed by atoms with van der Waals surface area (Å²) in [5.74, 6) is 0.187. The van der Waals surface area contributed by atoms with Gasteiger partial charge >= 0.3 is 15.6 Å². The third kappa shape index (κ3) is 6.55. The average molecular weight is 831 g/mol. The molecule has 306 valence electrons. The third-order valence-electron chi connectivity index (χ3n) is 10.9. The minimum absolute atomic E-state index is 0.0614. The van der Waals surface area contributed by atoms with Gasteiger partial charge in [0.1, 0.15) is 22.6 Å². The number of H-pyrrole nitrogens is 2. The maximum Gasteiger partial charge on any atom is 0.534 e. The van der Waals surface area contributed by atoms with Gasteiger partial charge in [-0.3, -0.25) is 0 Å². The van der Waals surface area contributed by atoms with Crippen molar-refractivity contribution in [3.05, 3.63) is 89.5 Å². The van der Waals surface area contributed by atoms with Gasteiger partial charge in [-0.05, 0) is 57.2 Å². The highest BCUT2D eigenvalue weighted by Gasteiger charge is 2.49. The smallest absolute Gasteiger partial charge is 0.375 e. The van der Waals surface area contributed by atoms with Crippen LogP contribution in [-0.4, -0.2) is 53.8 Å². The van der Waals surface area contributed by atoms with Gasteiger partial charge in [0.05, 0.1) is 5.56 Å². The molecule has 2 N–H and O–H groups in total.